The largest absolute Gasteiger partial charge is 0.487 e. The van der Waals surface area contributed by atoms with E-state index in [2.05, 4.69) is 5.10 Å². The zero-order valence-corrected chi connectivity index (χ0v) is 10.9. The third-order valence-electron chi connectivity index (χ3n) is 2.30. The van der Waals surface area contributed by atoms with Gasteiger partial charge in [0.05, 0.1) is 11.2 Å². The Labute approximate surface area is 110 Å². The fourth-order valence-electron chi connectivity index (χ4n) is 1.40. The molecule has 17 heavy (non-hydrogen) atoms. The SMILES string of the molecule is CCn1cc(COc2cc(Cl)ccc2Cl)cn1. The van der Waals surface area contributed by atoms with Gasteiger partial charge in [0.15, 0.2) is 0 Å². The normalized spacial score (nSPS) is 10.5. The second-order valence-electron chi connectivity index (χ2n) is 3.57. The van der Waals surface area contributed by atoms with Crippen molar-refractivity contribution in [2.24, 2.45) is 0 Å². The molecule has 0 spiro atoms. The van der Waals surface area contributed by atoms with Crippen molar-refractivity contribution in [3.8, 4) is 5.75 Å². The summed E-state index contributed by atoms with van der Waals surface area (Å²) in [6.07, 6.45) is 3.72. The highest BCUT2D eigenvalue weighted by molar-refractivity contribution is 6.34. The molecule has 3 nitrogen and oxygen atoms in total. The lowest BCUT2D eigenvalue weighted by atomic mass is 10.3. The van der Waals surface area contributed by atoms with E-state index in [1.165, 1.54) is 0 Å². The second-order valence-corrected chi connectivity index (χ2v) is 4.41. The summed E-state index contributed by atoms with van der Waals surface area (Å²) >= 11 is 11.9. The van der Waals surface area contributed by atoms with Crippen LogP contribution in [0.1, 0.15) is 12.5 Å². The van der Waals surface area contributed by atoms with Crippen LogP contribution < -0.4 is 4.74 Å². The minimum absolute atomic E-state index is 0.431. The van der Waals surface area contributed by atoms with Crippen LogP contribution in [0, 0.1) is 0 Å². The molecule has 1 aromatic carbocycles. The van der Waals surface area contributed by atoms with Crippen LogP contribution in [0.2, 0.25) is 10.0 Å². The zero-order valence-electron chi connectivity index (χ0n) is 9.36. The van der Waals surface area contributed by atoms with E-state index >= 15 is 0 Å². The van der Waals surface area contributed by atoms with Gasteiger partial charge < -0.3 is 4.74 Å². The monoisotopic (exact) mass is 270 g/mol. The Morgan fingerprint density at radius 3 is 2.88 bits per heavy atom. The molecule has 0 bridgehead atoms. The van der Waals surface area contributed by atoms with Gasteiger partial charge in [-0.2, -0.15) is 5.10 Å². The number of aryl methyl sites for hydroxylation is 1. The van der Waals surface area contributed by atoms with Gasteiger partial charge in [0.2, 0.25) is 0 Å². The van der Waals surface area contributed by atoms with Crippen molar-refractivity contribution in [2.45, 2.75) is 20.1 Å². The average molecular weight is 271 g/mol. The van der Waals surface area contributed by atoms with Gasteiger partial charge in [-0.05, 0) is 19.1 Å². The van der Waals surface area contributed by atoms with E-state index in [0.717, 1.165) is 12.1 Å². The summed E-state index contributed by atoms with van der Waals surface area (Å²) in [7, 11) is 0. The summed E-state index contributed by atoms with van der Waals surface area (Å²) in [5.74, 6) is 0.586. The van der Waals surface area contributed by atoms with Crippen molar-refractivity contribution in [3.05, 3.63) is 46.2 Å². The molecule has 0 radical (unpaired) electrons. The number of hydrogen-bond acceptors (Lipinski definition) is 2. The van der Waals surface area contributed by atoms with Gasteiger partial charge in [0.25, 0.3) is 0 Å². The number of halogens is 2. The lowest BCUT2D eigenvalue weighted by Crippen LogP contribution is -1.95. The highest BCUT2D eigenvalue weighted by Crippen LogP contribution is 2.28. The highest BCUT2D eigenvalue weighted by Gasteiger charge is 2.04. The molecule has 0 aliphatic rings. The maximum Gasteiger partial charge on any atom is 0.139 e. The first kappa shape index (κ1) is 12.3. The predicted molar refractivity (Wildman–Crippen MR) is 68.7 cm³/mol. The van der Waals surface area contributed by atoms with Crippen LogP contribution in [-0.4, -0.2) is 9.78 Å². The third kappa shape index (κ3) is 3.14. The van der Waals surface area contributed by atoms with E-state index in [1.807, 2.05) is 17.8 Å². The molecule has 0 atom stereocenters. The molecule has 2 rings (SSSR count). The number of aromatic nitrogens is 2. The molecule has 0 amide bonds. The first-order valence-corrected chi connectivity index (χ1v) is 6.04. The maximum absolute atomic E-state index is 5.99. The summed E-state index contributed by atoms with van der Waals surface area (Å²) in [4.78, 5) is 0. The Balaban J connectivity index is 2.04. The zero-order chi connectivity index (χ0) is 12.3. The molecular weight excluding hydrogens is 259 g/mol. The van der Waals surface area contributed by atoms with Crippen LogP contribution in [-0.2, 0) is 13.2 Å². The fourth-order valence-corrected chi connectivity index (χ4v) is 1.74. The molecule has 1 aromatic heterocycles. The first-order chi connectivity index (χ1) is 8.19. The van der Waals surface area contributed by atoms with Crippen LogP contribution in [0.15, 0.2) is 30.6 Å². The van der Waals surface area contributed by atoms with E-state index in [-0.39, 0.29) is 0 Å². The second kappa shape index (κ2) is 5.43. The molecule has 0 unspecified atom stereocenters. The van der Waals surface area contributed by atoms with Gasteiger partial charge in [-0.15, -0.1) is 0 Å². The molecule has 0 N–H and O–H groups in total. The minimum atomic E-state index is 0.431. The number of rotatable bonds is 4. The van der Waals surface area contributed by atoms with E-state index < -0.39 is 0 Å². The molecule has 1 heterocycles. The van der Waals surface area contributed by atoms with Crippen LogP contribution in [0.5, 0.6) is 5.75 Å². The van der Waals surface area contributed by atoms with Gasteiger partial charge >= 0.3 is 0 Å². The average Bonchev–Trinajstić information content (AvgIpc) is 2.78. The summed E-state index contributed by atoms with van der Waals surface area (Å²) in [6, 6.07) is 5.15. The molecule has 5 heteroatoms. The van der Waals surface area contributed by atoms with Crippen LogP contribution in [0.4, 0.5) is 0 Å². The first-order valence-electron chi connectivity index (χ1n) is 5.28. The predicted octanol–water partition coefficient (Wildman–Crippen LogP) is 3.79. The number of nitrogens with zero attached hydrogens (tertiary/aromatic N) is 2. The van der Waals surface area contributed by atoms with Crippen molar-refractivity contribution in [1.82, 2.24) is 9.78 Å². The van der Waals surface area contributed by atoms with Crippen molar-refractivity contribution in [1.29, 1.82) is 0 Å². The van der Waals surface area contributed by atoms with Crippen molar-refractivity contribution in [2.75, 3.05) is 0 Å². The van der Waals surface area contributed by atoms with Crippen LogP contribution >= 0.6 is 23.2 Å². The summed E-state index contributed by atoms with van der Waals surface area (Å²) in [5.41, 5.74) is 1.00. The Kier molecular flexibility index (Phi) is 3.92. The summed E-state index contributed by atoms with van der Waals surface area (Å²) in [5, 5.41) is 5.32. The van der Waals surface area contributed by atoms with E-state index in [1.54, 1.807) is 24.4 Å². The van der Waals surface area contributed by atoms with Crippen LogP contribution in [0.3, 0.4) is 0 Å². The van der Waals surface area contributed by atoms with Crippen molar-refractivity contribution < 1.29 is 4.74 Å². The smallest absolute Gasteiger partial charge is 0.139 e. The number of ether oxygens (including phenoxy) is 1. The van der Waals surface area contributed by atoms with Crippen LogP contribution in [0.25, 0.3) is 0 Å². The lowest BCUT2D eigenvalue weighted by Gasteiger charge is -2.06. The van der Waals surface area contributed by atoms with E-state index in [4.69, 9.17) is 27.9 Å². The van der Waals surface area contributed by atoms with Gasteiger partial charge in [0, 0.05) is 29.4 Å². The lowest BCUT2D eigenvalue weighted by molar-refractivity contribution is 0.306. The molecular formula is C12H12Cl2N2O. The minimum Gasteiger partial charge on any atom is -0.487 e. The molecule has 0 saturated carbocycles. The Morgan fingerprint density at radius 1 is 1.35 bits per heavy atom. The van der Waals surface area contributed by atoms with Gasteiger partial charge in [-0.3, -0.25) is 4.68 Å². The van der Waals surface area contributed by atoms with Gasteiger partial charge in [-0.25, -0.2) is 0 Å². The standard InChI is InChI=1S/C12H12Cl2N2O/c1-2-16-7-9(6-15-16)8-17-12-5-10(13)3-4-11(12)14/h3-7H,2,8H2,1H3. The quantitative estimate of drug-likeness (QED) is 0.845. The van der Waals surface area contributed by atoms with Crippen molar-refractivity contribution in [3.63, 3.8) is 0 Å². The number of benzene rings is 1. The third-order valence-corrected chi connectivity index (χ3v) is 2.85. The summed E-state index contributed by atoms with van der Waals surface area (Å²) in [6.45, 7) is 3.31. The Morgan fingerprint density at radius 2 is 2.18 bits per heavy atom. The van der Waals surface area contributed by atoms with Gasteiger partial charge in [-0.1, -0.05) is 23.2 Å². The van der Waals surface area contributed by atoms with E-state index in [9.17, 15) is 0 Å². The molecule has 0 aliphatic heterocycles. The molecule has 2 aromatic rings. The molecule has 0 aliphatic carbocycles. The van der Waals surface area contributed by atoms with Crippen molar-refractivity contribution >= 4 is 23.2 Å². The molecule has 0 saturated heterocycles. The summed E-state index contributed by atoms with van der Waals surface area (Å²) < 4.78 is 7.44. The Bertz CT molecular complexity index is 511. The van der Waals surface area contributed by atoms with Gasteiger partial charge in [0.1, 0.15) is 12.4 Å². The molecule has 0 fully saturated rings. The number of hydrogen-bond donors (Lipinski definition) is 0. The highest BCUT2D eigenvalue weighted by atomic mass is 35.5. The van der Waals surface area contributed by atoms with E-state index in [0.29, 0.717) is 22.4 Å². The molecule has 90 valence electrons. The Hall–Kier alpha value is -1.19. The topological polar surface area (TPSA) is 27.1 Å². The maximum atomic E-state index is 5.99. The fraction of sp³-hybridized carbons (Fsp3) is 0.250.